The van der Waals surface area contributed by atoms with Crippen LogP contribution in [-0.2, 0) is 34.0 Å². The summed E-state index contributed by atoms with van der Waals surface area (Å²) in [6, 6.07) is 45.4. The smallest absolute Gasteiger partial charge is 0.243 e. The highest BCUT2D eigenvalue weighted by atomic mass is 127. The van der Waals surface area contributed by atoms with Crippen LogP contribution in [0.3, 0.4) is 0 Å². The molecule has 0 unspecified atom stereocenters. The number of carbonyl (C=O) groups excluding carboxylic acids is 3. The van der Waals surface area contributed by atoms with Crippen molar-refractivity contribution in [3.05, 3.63) is 208 Å². The van der Waals surface area contributed by atoms with Crippen LogP contribution in [0.1, 0.15) is 43.9 Å². The van der Waals surface area contributed by atoms with Crippen molar-refractivity contribution in [3.63, 3.8) is 0 Å². The normalized spacial score (nSPS) is 10.4. The van der Waals surface area contributed by atoms with Crippen LogP contribution in [0, 0.1) is 9.39 Å². The predicted molar refractivity (Wildman–Crippen MR) is 350 cm³/mol. The first-order valence-corrected chi connectivity index (χ1v) is 29.6. The Bertz CT molecular complexity index is 3710. The van der Waals surface area contributed by atoms with Crippen molar-refractivity contribution in [2.75, 3.05) is 70.1 Å². The van der Waals surface area contributed by atoms with Gasteiger partial charge < -0.3 is 62.1 Å². The Kier molecular flexibility index (Phi) is 27.0. The van der Waals surface area contributed by atoms with E-state index in [4.69, 9.17) is 47.4 Å². The SMILES string of the molecule is COc1ccc(OCF)c(CN(C(C)=O)c2cccnc2Oc2ccc(F)cc2)c1.COc1ccc(OCF)c(CN(C(C)=O)c2cccnc2Oc2ccc(I)cc2)c1.COc1ccc(Oc2ncccc2N(Cc2cc(OC)ccc2OCCCF)C(C)=O)cc1. The molecule has 0 atom stereocenters. The molecule has 0 aliphatic carbocycles. The first kappa shape index (κ1) is 70.1. The number of alkyl halides is 3. The van der Waals surface area contributed by atoms with Gasteiger partial charge in [-0.3, -0.25) is 18.8 Å². The van der Waals surface area contributed by atoms with Crippen molar-refractivity contribution >= 4 is 57.4 Å². The lowest BCUT2D eigenvalue weighted by Gasteiger charge is -2.24. The molecule has 0 spiro atoms. The Hall–Kier alpha value is -10.4. The molecule has 0 fully saturated rings. The number of aromatic nitrogens is 3. The first-order chi connectivity index (χ1) is 45.1. The molecule has 0 bridgehead atoms. The van der Waals surface area contributed by atoms with Crippen molar-refractivity contribution in [1.29, 1.82) is 0 Å². The molecular formula is C69H67F4IN6O13. The quantitative estimate of drug-likeness (QED) is 0.0268. The summed E-state index contributed by atoms with van der Waals surface area (Å²) >= 11 is 2.21. The maximum atomic E-state index is 13.2. The molecule has 6 aromatic carbocycles. The van der Waals surface area contributed by atoms with Gasteiger partial charge in [0.2, 0.25) is 49.1 Å². The molecule has 486 valence electrons. The Labute approximate surface area is 549 Å². The van der Waals surface area contributed by atoms with E-state index in [9.17, 15) is 31.9 Å². The minimum atomic E-state index is -1.01. The maximum absolute atomic E-state index is 13.2. The van der Waals surface area contributed by atoms with Gasteiger partial charge in [-0.05, 0) is 186 Å². The molecular weight excluding hydrogens is 1320 g/mol. The highest BCUT2D eigenvalue weighted by Gasteiger charge is 2.24. The number of methoxy groups -OCH3 is 4. The Morgan fingerprint density at radius 1 is 0.419 bits per heavy atom. The number of anilines is 3. The van der Waals surface area contributed by atoms with Crippen molar-refractivity contribution in [1.82, 2.24) is 15.0 Å². The van der Waals surface area contributed by atoms with Crippen molar-refractivity contribution in [2.45, 2.75) is 46.8 Å². The average molecular weight is 1390 g/mol. The number of benzene rings is 6. The number of pyridine rings is 3. The fraction of sp³-hybridized carbons (Fsp3) is 0.217. The second-order valence-electron chi connectivity index (χ2n) is 19.5. The summed E-state index contributed by atoms with van der Waals surface area (Å²) < 4.78 is 107. The Balaban J connectivity index is 0.000000198. The van der Waals surface area contributed by atoms with Crippen LogP contribution in [0.15, 0.2) is 182 Å². The van der Waals surface area contributed by atoms with Gasteiger partial charge in [-0.1, -0.05) is 0 Å². The van der Waals surface area contributed by atoms with Crippen LogP contribution in [0.4, 0.5) is 34.6 Å². The molecule has 0 saturated heterocycles. The zero-order chi connectivity index (χ0) is 66.7. The van der Waals surface area contributed by atoms with E-state index in [-0.39, 0.29) is 73.8 Å². The number of halogens is 5. The maximum Gasteiger partial charge on any atom is 0.243 e. The van der Waals surface area contributed by atoms with E-state index in [1.807, 2.05) is 24.3 Å². The summed E-state index contributed by atoms with van der Waals surface area (Å²) in [5, 5.41) is 0. The molecule has 3 heterocycles. The van der Waals surface area contributed by atoms with Crippen LogP contribution >= 0.6 is 22.6 Å². The van der Waals surface area contributed by atoms with Crippen molar-refractivity contribution in [3.8, 4) is 75.1 Å². The molecule has 3 amide bonds. The van der Waals surface area contributed by atoms with Crippen LogP contribution < -0.4 is 62.1 Å². The van der Waals surface area contributed by atoms with Gasteiger partial charge in [0.15, 0.2) is 0 Å². The Morgan fingerprint density at radius 2 is 0.731 bits per heavy atom. The summed E-state index contributed by atoms with van der Waals surface area (Å²) in [5.74, 6) is 4.70. The van der Waals surface area contributed by atoms with E-state index in [2.05, 4.69) is 37.5 Å². The molecule has 0 N–H and O–H groups in total. The van der Waals surface area contributed by atoms with E-state index >= 15 is 0 Å². The molecule has 0 saturated carbocycles. The number of nitrogens with zero attached hydrogens (tertiary/aromatic N) is 6. The molecule has 24 heteroatoms. The fourth-order valence-electron chi connectivity index (χ4n) is 8.79. The molecule has 0 aliphatic rings. The third-order valence-corrected chi connectivity index (χ3v) is 14.1. The largest absolute Gasteiger partial charge is 0.497 e. The minimum absolute atomic E-state index is 0.0628. The topological polar surface area (TPSA) is 192 Å². The van der Waals surface area contributed by atoms with Crippen LogP contribution in [0.2, 0.25) is 0 Å². The van der Waals surface area contributed by atoms with E-state index in [1.54, 1.807) is 147 Å². The summed E-state index contributed by atoms with van der Waals surface area (Å²) in [6.07, 6.45) is 4.99. The van der Waals surface area contributed by atoms with Gasteiger partial charge >= 0.3 is 0 Å². The van der Waals surface area contributed by atoms with Crippen molar-refractivity contribution in [2.24, 2.45) is 0 Å². The van der Waals surface area contributed by atoms with E-state index in [0.29, 0.717) is 85.5 Å². The number of amides is 3. The zero-order valence-electron chi connectivity index (χ0n) is 51.9. The number of hydrogen-bond acceptors (Lipinski definition) is 16. The third-order valence-electron chi connectivity index (χ3n) is 13.3. The molecule has 3 aromatic heterocycles. The lowest BCUT2D eigenvalue weighted by Crippen LogP contribution is -2.28. The Morgan fingerprint density at radius 3 is 1.05 bits per heavy atom. The standard InChI is InChI=1S/C25H27FN2O5.C22H20F2N2O4.C22H20FIN2O4/c1-18(29)28(17-19-16-22(31-3)11-12-24(19)32-15-5-13-26)23-6-4-14-27-25(23)33-21-9-7-20(30-2)8-10-21;2*1-15(27)26(13-16-12-19(28-2)9-10-21(16)29-14-23)20-4-3-11-25-22(20)30-18-7-5-17(24)6-8-18/h4,6-12,14,16H,5,13,15,17H2,1-3H3;2*3-12H,13-14H2,1-2H3. The summed E-state index contributed by atoms with van der Waals surface area (Å²) in [5.41, 5.74) is 3.21. The lowest BCUT2D eigenvalue weighted by atomic mass is 10.1. The summed E-state index contributed by atoms with van der Waals surface area (Å²) in [7, 11) is 6.19. The molecule has 9 rings (SSSR count). The van der Waals surface area contributed by atoms with Gasteiger partial charge in [0, 0.05) is 66.0 Å². The molecule has 0 radical (unpaired) electrons. The predicted octanol–water partition coefficient (Wildman–Crippen LogP) is 15.4. The number of hydrogen-bond donors (Lipinski definition) is 0. The van der Waals surface area contributed by atoms with Gasteiger partial charge in [0.05, 0.1) is 61.4 Å². The first-order valence-electron chi connectivity index (χ1n) is 28.5. The van der Waals surface area contributed by atoms with E-state index in [1.165, 1.54) is 75.3 Å². The van der Waals surface area contributed by atoms with Gasteiger partial charge in [-0.15, -0.1) is 0 Å². The molecule has 9 aromatic rings. The summed E-state index contributed by atoms with van der Waals surface area (Å²) in [4.78, 5) is 55.0. The van der Waals surface area contributed by atoms with E-state index < -0.39 is 26.2 Å². The van der Waals surface area contributed by atoms with Crippen LogP contribution in [0.25, 0.3) is 0 Å². The highest BCUT2D eigenvalue weighted by molar-refractivity contribution is 14.1. The van der Waals surface area contributed by atoms with Crippen LogP contribution in [0.5, 0.6) is 75.1 Å². The second-order valence-corrected chi connectivity index (χ2v) is 20.8. The van der Waals surface area contributed by atoms with Crippen molar-refractivity contribution < 1.29 is 79.3 Å². The number of ether oxygens (including phenoxy) is 10. The monoisotopic (exact) mass is 1390 g/mol. The van der Waals surface area contributed by atoms with Crippen LogP contribution in [-0.4, -0.2) is 88.1 Å². The van der Waals surface area contributed by atoms with Gasteiger partial charge in [-0.25, -0.2) is 28.1 Å². The fourth-order valence-corrected chi connectivity index (χ4v) is 9.15. The second kappa shape index (κ2) is 35.9. The lowest BCUT2D eigenvalue weighted by molar-refractivity contribution is -0.117. The molecule has 0 aliphatic heterocycles. The van der Waals surface area contributed by atoms with Gasteiger partial charge in [0.1, 0.15) is 80.4 Å². The summed E-state index contributed by atoms with van der Waals surface area (Å²) in [6.45, 7) is 2.45. The average Bonchev–Trinajstić information content (AvgIpc) is 0.888. The molecule has 93 heavy (non-hydrogen) atoms. The van der Waals surface area contributed by atoms with Gasteiger partial charge in [0.25, 0.3) is 0 Å². The third kappa shape index (κ3) is 20.6. The zero-order valence-corrected chi connectivity index (χ0v) is 54.0. The number of carbonyl (C=O) groups is 3. The number of rotatable bonds is 27. The molecule has 19 nitrogen and oxygen atoms in total. The van der Waals surface area contributed by atoms with E-state index in [0.717, 1.165) is 3.57 Å². The highest BCUT2D eigenvalue weighted by Crippen LogP contribution is 2.38. The minimum Gasteiger partial charge on any atom is -0.497 e. The van der Waals surface area contributed by atoms with Gasteiger partial charge in [-0.2, -0.15) is 0 Å².